The third-order valence-electron chi connectivity index (χ3n) is 2.18. The van der Waals surface area contributed by atoms with Gasteiger partial charge in [-0.25, -0.2) is 0 Å². The van der Waals surface area contributed by atoms with Gasteiger partial charge in [0.2, 0.25) is 0 Å². The minimum absolute atomic E-state index is 0.351. The second kappa shape index (κ2) is 5.27. The van der Waals surface area contributed by atoms with Crippen molar-refractivity contribution in [3.8, 4) is 0 Å². The van der Waals surface area contributed by atoms with E-state index in [1.54, 1.807) is 0 Å². The number of hydrogen-bond acceptors (Lipinski definition) is 3. The fourth-order valence-electron chi connectivity index (χ4n) is 1.50. The van der Waals surface area contributed by atoms with E-state index in [9.17, 15) is 4.79 Å². The van der Waals surface area contributed by atoms with Gasteiger partial charge in [-0.05, 0) is 26.3 Å². The Morgan fingerprint density at radius 3 is 3.00 bits per heavy atom. The molecule has 12 heavy (non-hydrogen) atoms. The minimum Gasteiger partial charge on any atom is -0.377 e. The molecular formula is C9H17NO2. The monoisotopic (exact) mass is 171 g/mol. The molecule has 0 saturated carbocycles. The van der Waals surface area contributed by atoms with Gasteiger partial charge in [-0.2, -0.15) is 0 Å². The zero-order valence-corrected chi connectivity index (χ0v) is 7.66. The minimum atomic E-state index is 0.351. The fourth-order valence-corrected chi connectivity index (χ4v) is 1.50. The molecule has 0 amide bonds. The lowest BCUT2D eigenvalue weighted by atomic mass is 10.1. The molecule has 1 atom stereocenters. The first-order chi connectivity index (χ1) is 5.83. The summed E-state index contributed by atoms with van der Waals surface area (Å²) in [6.07, 6.45) is 4.88. The number of aldehydes is 1. The zero-order valence-electron chi connectivity index (χ0n) is 7.66. The summed E-state index contributed by atoms with van der Waals surface area (Å²) in [5.41, 5.74) is 0. The van der Waals surface area contributed by atoms with E-state index >= 15 is 0 Å². The fraction of sp³-hybridized carbons (Fsp3) is 0.889. The smallest absolute Gasteiger partial charge is 0.133 e. The highest BCUT2D eigenvalue weighted by Gasteiger charge is 2.15. The van der Waals surface area contributed by atoms with Crippen LogP contribution in [0.2, 0.25) is 0 Å². The van der Waals surface area contributed by atoms with Gasteiger partial charge in [0.05, 0.1) is 12.6 Å². The van der Waals surface area contributed by atoms with Crippen LogP contribution in [0.4, 0.5) is 0 Å². The molecule has 0 radical (unpaired) electrons. The lowest BCUT2D eigenvalue weighted by Gasteiger charge is -2.26. The Balaban J connectivity index is 2.15. The summed E-state index contributed by atoms with van der Waals surface area (Å²) in [5.74, 6) is 0. The van der Waals surface area contributed by atoms with Crippen LogP contribution in [0, 0.1) is 0 Å². The Bertz CT molecular complexity index is 132. The maximum absolute atomic E-state index is 10.2. The summed E-state index contributed by atoms with van der Waals surface area (Å²) in [5, 5.41) is 0. The molecule has 1 aliphatic heterocycles. The standard InChI is InChI=1S/C9H17NO2/c1-10(5-6-11)8-9-4-2-3-7-12-9/h6,9H,2-5,7-8H2,1H3. The van der Waals surface area contributed by atoms with Crippen LogP contribution in [0.5, 0.6) is 0 Å². The molecule has 0 aliphatic carbocycles. The van der Waals surface area contributed by atoms with Crippen LogP contribution in [-0.2, 0) is 9.53 Å². The highest BCUT2D eigenvalue weighted by atomic mass is 16.5. The van der Waals surface area contributed by atoms with Gasteiger partial charge in [-0.15, -0.1) is 0 Å². The maximum atomic E-state index is 10.2. The molecule has 1 fully saturated rings. The van der Waals surface area contributed by atoms with Crippen molar-refractivity contribution in [3.63, 3.8) is 0 Å². The van der Waals surface area contributed by atoms with E-state index in [4.69, 9.17) is 4.74 Å². The topological polar surface area (TPSA) is 29.5 Å². The summed E-state index contributed by atoms with van der Waals surface area (Å²) in [4.78, 5) is 12.2. The SMILES string of the molecule is CN(CC=O)CC1CCCCO1. The van der Waals surface area contributed by atoms with Gasteiger partial charge in [0.1, 0.15) is 6.29 Å². The Hall–Kier alpha value is -0.410. The van der Waals surface area contributed by atoms with Crippen molar-refractivity contribution in [2.45, 2.75) is 25.4 Å². The normalized spacial score (nSPS) is 24.3. The zero-order chi connectivity index (χ0) is 8.81. The van der Waals surface area contributed by atoms with Crippen LogP contribution in [0.3, 0.4) is 0 Å². The molecule has 0 aromatic rings. The lowest BCUT2D eigenvalue weighted by molar-refractivity contribution is -0.109. The molecule has 1 aliphatic rings. The summed E-state index contributed by atoms with van der Waals surface area (Å²) in [7, 11) is 1.95. The van der Waals surface area contributed by atoms with Crippen molar-refractivity contribution in [2.75, 3.05) is 26.7 Å². The van der Waals surface area contributed by atoms with Crippen LogP contribution < -0.4 is 0 Å². The van der Waals surface area contributed by atoms with Crippen molar-refractivity contribution in [2.24, 2.45) is 0 Å². The first-order valence-corrected chi connectivity index (χ1v) is 4.56. The highest BCUT2D eigenvalue weighted by Crippen LogP contribution is 2.12. The molecule has 0 aromatic heterocycles. The van der Waals surface area contributed by atoms with Crippen LogP contribution in [0.15, 0.2) is 0 Å². The molecule has 1 heterocycles. The van der Waals surface area contributed by atoms with Gasteiger partial charge in [0.25, 0.3) is 0 Å². The Morgan fingerprint density at radius 2 is 2.42 bits per heavy atom. The largest absolute Gasteiger partial charge is 0.377 e. The van der Waals surface area contributed by atoms with Crippen molar-refractivity contribution >= 4 is 6.29 Å². The van der Waals surface area contributed by atoms with Crippen LogP contribution in [0.25, 0.3) is 0 Å². The van der Waals surface area contributed by atoms with Crippen LogP contribution in [0.1, 0.15) is 19.3 Å². The van der Waals surface area contributed by atoms with E-state index in [1.807, 2.05) is 11.9 Å². The number of ether oxygens (including phenoxy) is 1. The van der Waals surface area contributed by atoms with Gasteiger partial charge in [-0.1, -0.05) is 0 Å². The second-order valence-electron chi connectivity index (χ2n) is 3.38. The molecule has 70 valence electrons. The number of rotatable bonds is 4. The number of carbonyl (C=O) groups excluding carboxylic acids is 1. The lowest BCUT2D eigenvalue weighted by Crippen LogP contribution is -2.34. The third-order valence-corrected chi connectivity index (χ3v) is 2.18. The van der Waals surface area contributed by atoms with Crippen molar-refractivity contribution in [3.05, 3.63) is 0 Å². The average molecular weight is 171 g/mol. The molecule has 0 spiro atoms. The van der Waals surface area contributed by atoms with E-state index in [1.165, 1.54) is 12.8 Å². The molecule has 0 bridgehead atoms. The summed E-state index contributed by atoms with van der Waals surface area (Å²) in [6, 6.07) is 0. The molecule has 0 aromatic carbocycles. The van der Waals surface area contributed by atoms with Crippen molar-refractivity contribution in [1.29, 1.82) is 0 Å². The average Bonchev–Trinajstić information content (AvgIpc) is 2.06. The molecule has 1 saturated heterocycles. The maximum Gasteiger partial charge on any atom is 0.133 e. The van der Waals surface area contributed by atoms with Crippen molar-refractivity contribution < 1.29 is 9.53 Å². The molecule has 1 unspecified atom stereocenters. The first kappa shape index (κ1) is 9.68. The van der Waals surface area contributed by atoms with Gasteiger partial charge >= 0.3 is 0 Å². The van der Waals surface area contributed by atoms with E-state index in [2.05, 4.69) is 0 Å². The molecule has 3 nitrogen and oxygen atoms in total. The predicted octanol–water partition coefficient (Wildman–Crippen LogP) is 0.686. The summed E-state index contributed by atoms with van der Waals surface area (Å²) < 4.78 is 5.54. The number of hydrogen-bond donors (Lipinski definition) is 0. The third kappa shape index (κ3) is 3.32. The van der Waals surface area contributed by atoms with Gasteiger partial charge in [0.15, 0.2) is 0 Å². The van der Waals surface area contributed by atoms with Gasteiger partial charge in [-0.3, -0.25) is 4.90 Å². The number of nitrogens with zero attached hydrogens (tertiary/aromatic N) is 1. The Kier molecular flexibility index (Phi) is 4.25. The Morgan fingerprint density at radius 1 is 1.58 bits per heavy atom. The molecular weight excluding hydrogens is 154 g/mol. The van der Waals surface area contributed by atoms with E-state index in [-0.39, 0.29) is 0 Å². The first-order valence-electron chi connectivity index (χ1n) is 4.56. The predicted molar refractivity (Wildman–Crippen MR) is 47.2 cm³/mol. The molecule has 3 heteroatoms. The highest BCUT2D eigenvalue weighted by molar-refractivity contribution is 5.51. The van der Waals surface area contributed by atoms with E-state index in [0.29, 0.717) is 12.6 Å². The van der Waals surface area contributed by atoms with E-state index in [0.717, 1.165) is 25.9 Å². The number of carbonyl (C=O) groups is 1. The van der Waals surface area contributed by atoms with Crippen molar-refractivity contribution in [1.82, 2.24) is 4.90 Å². The van der Waals surface area contributed by atoms with Gasteiger partial charge in [0, 0.05) is 13.2 Å². The summed E-state index contributed by atoms with van der Waals surface area (Å²) in [6.45, 7) is 2.29. The molecule has 0 N–H and O–H groups in total. The quantitative estimate of drug-likeness (QED) is 0.583. The molecule has 1 rings (SSSR count). The summed E-state index contributed by atoms with van der Waals surface area (Å²) >= 11 is 0. The van der Waals surface area contributed by atoms with E-state index < -0.39 is 0 Å². The Labute approximate surface area is 73.7 Å². The second-order valence-corrected chi connectivity index (χ2v) is 3.38. The van der Waals surface area contributed by atoms with Gasteiger partial charge < -0.3 is 9.53 Å². The van der Waals surface area contributed by atoms with Crippen LogP contribution >= 0.6 is 0 Å². The number of likely N-dealkylation sites (N-methyl/N-ethyl adjacent to an activating group) is 1. The van der Waals surface area contributed by atoms with Crippen LogP contribution in [-0.4, -0.2) is 44.0 Å².